The number of carboxylic acids is 1. The molecule has 1 unspecified atom stereocenters. The van der Waals surface area contributed by atoms with Crippen molar-refractivity contribution < 1.29 is 78.9 Å². The minimum absolute atomic E-state index is 0.0430. The molecule has 1 aliphatic carbocycles. The highest BCUT2D eigenvalue weighted by Gasteiger charge is 2.56. The second-order valence-electron chi connectivity index (χ2n) is 12.7. The fraction of sp³-hybridized carbons (Fsp3) is 0.742. The van der Waals surface area contributed by atoms with Crippen LogP contribution in [0.15, 0.2) is 35.6 Å². The van der Waals surface area contributed by atoms with Gasteiger partial charge in [-0.15, -0.1) is 0 Å². The topological polar surface area (TPSA) is 251 Å². The summed E-state index contributed by atoms with van der Waals surface area (Å²) < 4.78 is 33.7. The monoisotopic (exact) mass is 674 g/mol. The van der Waals surface area contributed by atoms with Gasteiger partial charge in [-0.3, -0.25) is 0 Å². The lowest BCUT2D eigenvalue weighted by molar-refractivity contribution is -0.363. The van der Waals surface area contributed by atoms with Gasteiger partial charge in [0, 0.05) is 18.1 Å². The fourth-order valence-electron chi connectivity index (χ4n) is 6.17. The molecular formula is C31H46O16. The molecule has 3 fully saturated rings. The molecule has 266 valence electrons. The number of fused-ring (bicyclic) bond motifs is 1. The SMILES string of the molecule is C=C1[C@H]2[C@H](O[C@@H]3O[C@H](CO)[C@@H](O)[C@H](O)[C@H]3O[C@@H]3OC[C@](O)(COC(=O)/C(C)=C/CCC(C)CCO)[C@H]3O)OC=C(C(=O)O)[C@H]2C[C@@H]1O. The molecule has 2 saturated heterocycles. The molecule has 0 aromatic heterocycles. The van der Waals surface area contributed by atoms with Crippen molar-refractivity contribution in [2.45, 2.75) is 101 Å². The first-order valence-electron chi connectivity index (χ1n) is 15.6. The van der Waals surface area contributed by atoms with Gasteiger partial charge in [-0.25, -0.2) is 9.59 Å². The molecule has 0 spiro atoms. The molecule has 47 heavy (non-hydrogen) atoms. The lowest BCUT2D eigenvalue weighted by atomic mass is 9.85. The number of ether oxygens (including phenoxy) is 6. The van der Waals surface area contributed by atoms with Crippen LogP contribution in [0, 0.1) is 17.8 Å². The van der Waals surface area contributed by atoms with Gasteiger partial charge in [0.2, 0.25) is 6.29 Å². The van der Waals surface area contributed by atoms with Crippen LogP contribution in [0.2, 0.25) is 0 Å². The first-order valence-corrected chi connectivity index (χ1v) is 15.6. The molecule has 8 N–H and O–H groups in total. The van der Waals surface area contributed by atoms with Gasteiger partial charge in [-0.05, 0) is 44.1 Å². The number of carboxylic acid groups (broad SMARTS) is 1. The molecule has 1 saturated carbocycles. The Balaban J connectivity index is 1.43. The Hall–Kier alpha value is -2.48. The van der Waals surface area contributed by atoms with Gasteiger partial charge in [-0.2, -0.15) is 0 Å². The number of aliphatic hydroxyl groups excluding tert-OH is 6. The lowest BCUT2D eigenvalue weighted by Crippen LogP contribution is -2.62. The maximum atomic E-state index is 12.5. The van der Waals surface area contributed by atoms with E-state index >= 15 is 0 Å². The number of aliphatic hydroxyl groups is 7. The first-order chi connectivity index (χ1) is 22.2. The normalized spacial score (nSPS) is 39.6. The van der Waals surface area contributed by atoms with Crippen LogP contribution in [-0.4, -0.2) is 140 Å². The van der Waals surface area contributed by atoms with Crippen molar-refractivity contribution in [2.24, 2.45) is 17.8 Å². The number of carbonyl (C=O) groups excluding carboxylic acids is 1. The van der Waals surface area contributed by atoms with Gasteiger partial charge < -0.3 is 69.3 Å². The second kappa shape index (κ2) is 15.8. The van der Waals surface area contributed by atoms with E-state index in [1.165, 1.54) is 0 Å². The minimum atomic E-state index is -2.12. The molecular weight excluding hydrogens is 628 g/mol. The van der Waals surface area contributed by atoms with E-state index < -0.39 is 105 Å². The van der Waals surface area contributed by atoms with Gasteiger partial charge in [0.1, 0.15) is 37.1 Å². The van der Waals surface area contributed by atoms with Crippen molar-refractivity contribution in [1.82, 2.24) is 0 Å². The number of carbonyl (C=O) groups is 2. The summed E-state index contributed by atoms with van der Waals surface area (Å²) >= 11 is 0. The highest BCUT2D eigenvalue weighted by Crippen LogP contribution is 2.47. The van der Waals surface area contributed by atoms with E-state index in [4.69, 9.17) is 33.5 Å². The lowest BCUT2D eigenvalue weighted by Gasteiger charge is -2.44. The number of rotatable bonds is 14. The molecule has 0 aromatic rings. The largest absolute Gasteiger partial charge is 0.478 e. The van der Waals surface area contributed by atoms with Gasteiger partial charge >= 0.3 is 11.9 Å². The maximum Gasteiger partial charge on any atom is 0.334 e. The highest BCUT2D eigenvalue weighted by atomic mass is 16.8. The first kappa shape index (κ1) is 37.3. The van der Waals surface area contributed by atoms with E-state index in [9.17, 15) is 45.3 Å². The fourth-order valence-corrected chi connectivity index (χ4v) is 6.17. The summed E-state index contributed by atoms with van der Waals surface area (Å²) in [5.74, 6) is -3.30. The van der Waals surface area contributed by atoms with Crippen LogP contribution < -0.4 is 0 Å². The summed E-state index contributed by atoms with van der Waals surface area (Å²) in [6.45, 7) is 5.51. The molecule has 0 aromatic carbocycles. The molecule has 3 heterocycles. The standard InChI is InChI=1S/C31H46O16/c1-14(7-8-32)5-4-6-15(2)27(40)43-12-31(41)13-44-30(25(31)37)46-24-23(36)22(35)20(10-33)45-29(24)47-28-21-16(3)19(34)9-17(21)18(11-42-28)26(38)39/h6,11,14,17,19-25,28-30,32-37,41H,3-5,7-10,12-13H2,1-2H3,(H,38,39)/b15-6+/t14?,17-,19+,20-,21-,22-,23+,24-,25+,28+,29+,30+,31-/m1/s1. The third-order valence-corrected chi connectivity index (χ3v) is 9.23. The average Bonchev–Trinajstić information content (AvgIpc) is 3.49. The third kappa shape index (κ3) is 8.22. The minimum Gasteiger partial charge on any atom is -0.478 e. The van der Waals surface area contributed by atoms with Crippen LogP contribution in [0.3, 0.4) is 0 Å². The summed E-state index contributed by atoms with van der Waals surface area (Å²) in [4.78, 5) is 24.3. The quantitative estimate of drug-likeness (QED) is 0.0589. The van der Waals surface area contributed by atoms with E-state index in [1.807, 2.05) is 6.92 Å². The number of hydrogen-bond acceptors (Lipinski definition) is 15. The van der Waals surface area contributed by atoms with Crippen LogP contribution in [0.4, 0.5) is 0 Å². The van der Waals surface area contributed by atoms with Gasteiger partial charge in [-0.1, -0.05) is 19.6 Å². The number of allylic oxidation sites excluding steroid dienone is 1. The molecule has 4 rings (SSSR count). The maximum absolute atomic E-state index is 12.5. The smallest absolute Gasteiger partial charge is 0.334 e. The van der Waals surface area contributed by atoms with Crippen LogP contribution in [0.25, 0.3) is 0 Å². The third-order valence-electron chi connectivity index (χ3n) is 9.23. The van der Waals surface area contributed by atoms with Crippen molar-refractivity contribution in [3.05, 3.63) is 35.6 Å². The zero-order valence-electron chi connectivity index (χ0n) is 26.3. The van der Waals surface area contributed by atoms with Crippen molar-refractivity contribution in [3.63, 3.8) is 0 Å². The second-order valence-corrected chi connectivity index (χ2v) is 12.7. The van der Waals surface area contributed by atoms with Gasteiger partial charge in [0.05, 0.1) is 37.1 Å². The Morgan fingerprint density at radius 3 is 2.49 bits per heavy atom. The van der Waals surface area contributed by atoms with Crippen molar-refractivity contribution in [2.75, 3.05) is 26.4 Å². The molecule has 4 aliphatic rings. The summed E-state index contributed by atoms with van der Waals surface area (Å²) in [7, 11) is 0. The van der Waals surface area contributed by atoms with Crippen LogP contribution >= 0.6 is 0 Å². The number of aliphatic carboxylic acids is 1. The molecule has 16 nitrogen and oxygen atoms in total. The van der Waals surface area contributed by atoms with E-state index in [-0.39, 0.29) is 35.7 Å². The Morgan fingerprint density at radius 2 is 1.83 bits per heavy atom. The average molecular weight is 675 g/mol. The molecule has 13 atom stereocenters. The highest BCUT2D eigenvalue weighted by molar-refractivity contribution is 5.88. The van der Waals surface area contributed by atoms with E-state index in [0.29, 0.717) is 12.8 Å². The van der Waals surface area contributed by atoms with Crippen molar-refractivity contribution in [1.29, 1.82) is 0 Å². The Morgan fingerprint density at radius 1 is 1.11 bits per heavy atom. The predicted octanol–water partition coefficient (Wildman–Crippen LogP) is -1.56. The van der Waals surface area contributed by atoms with E-state index in [0.717, 1.165) is 12.7 Å². The van der Waals surface area contributed by atoms with E-state index in [2.05, 4.69) is 6.58 Å². The Bertz CT molecular complexity index is 1190. The molecule has 16 heteroatoms. The Labute approximate surface area is 271 Å². The van der Waals surface area contributed by atoms with Crippen LogP contribution in [0.5, 0.6) is 0 Å². The number of hydrogen-bond donors (Lipinski definition) is 8. The van der Waals surface area contributed by atoms with Crippen molar-refractivity contribution >= 4 is 11.9 Å². The molecule has 0 bridgehead atoms. The summed E-state index contributed by atoms with van der Waals surface area (Å²) in [5.41, 5.74) is -1.69. The predicted molar refractivity (Wildman–Crippen MR) is 157 cm³/mol. The number of esters is 1. The molecule has 3 aliphatic heterocycles. The Kier molecular flexibility index (Phi) is 12.6. The van der Waals surface area contributed by atoms with Crippen molar-refractivity contribution in [3.8, 4) is 0 Å². The molecule has 0 amide bonds. The zero-order chi connectivity index (χ0) is 34.6. The summed E-state index contributed by atoms with van der Waals surface area (Å²) in [5, 5.41) is 82.3. The van der Waals surface area contributed by atoms with Crippen LogP contribution in [-0.2, 0) is 38.0 Å². The summed E-state index contributed by atoms with van der Waals surface area (Å²) in [6.07, 6.45) is -9.20. The van der Waals surface area contributed by atoms with Crippen LogP contribution in [0.1, 0.15) is 39.5 Å². The van der Waals surface area contributed by atoms with Gasteiger partial charge in [0.25, 0.3) is 0 Å². The zero-order valence-corrected chi connectivity index (χ0v) is 26.3. The summed E-state index contributed by atoms with van der Waals surface area (Å²) in [6, 6.07) is 0. The van der Waals surface area contributed by atoms with Gasteiger partial charge in [0.15, 0.2) is 18.2 Å². The van der Waals surface area contributed by atoms with E-state index in [1.54, 1.807) is 13.0 Å². The molecule has 0 radical (unpaired) electrons.